The van der Waals surface area contributed by atoms with Gasteiger partial charge in [-0.25, -0.2) is 8.78 Å². The lowest BCUT2D eigenvalue weighted by Crippen LogP contribution is -2.21. The zero-order chi connectivity index (χ0) is 23.6. The fourth-order valence-electron chi connectivity index (χ4n) is 3.10. The topological polar surface area (TPSA) is 97.8 Å². The summed E-state index contributed by atoms with van der Waals surface area (Å²) >= 11 is 0. The first kappa shape index (κ1) is 25.6. The third-order valence-electron chi connectivity index (χ3n) is 4.31. The number of nitrogens with zero attached hydrogens (tertiary/aromatic N) is 1. The Morgan fingerprint density at radius 1 is 1.23 bits per heavy atom. The van der Waals surface area contributed by atoms with Crippen LogP contribution in [0.25, 0.3) is 5.70 Å². The molecule has 1 unspecified atom stereocenters. The summed E-state index contributed by atoms with van der Waals surface area (Å²) in [5.74, 6) is -0.826. The maximum Gasteiger partial charge on any atom is 0.266 e. The van der Waals surface area contributed by atoms with Crippen molar-refractivity contribution < 1.29 is 8.78 Å². The second-order valence-electron chi connectivity index (χ2n) is 7.71. The van der Waals surface area contributed by atoms with E-state index in [0.29, 0.717) is 23.4 Å². The van der Waals surface area contributed by atoms with Crippen molar-refractivity contribution in [1.82, 2.24) is 9.97 Å². The number of benzene rings is 1. The van der Waals surface area contributed by atoms with Crippen LogP contribution in [0.4, 0.5) is 8.78 Å². The number of terminal acetylenes is 1. The minimum Gasteiger partial charge on any atom is -0.401 e. The summed E-state index contributed by atoms with van der Waals surface area (Å²) in [6, 6.07) is 3.59. The molecule has 7 heteroatoms. The number of allylic oxidation sites excluding steroid dienone is 3. The van der Waals surface area contributed by atoms with Gasteiger partial charge < -0.3 is 16.5 Å². The van der Waals surface area contributed by atoms with Crippen LogP contribution in [0.2, 0.25) is 0 Å². The molecule has 0 saturated carbocycles. The molecule has 0 radical (unpaired) electrons. The number of nitrogens with two attached hydrogens (primary N) is 2. The van der Waals surface area contributed by atoms with Crippen LogP contribution in [0.3, 0.4) is 0 Å². The molecule has 1 aliphatic carbocycles. The fourth-order valence-corrected chi connectivity index (χ4v) is 3.10. The van der Waals surface area contributed by atoms with Crippen molar-refractivity contribution in [3.05, 3.63) is 81.2 Å². The van der Waals surface area contributed by atoms with E-state index in [0.717, 1.165) is 30.9 Å². The van der Waals surface area contributed by atoms with Gasteiger partial charge in [0.05, 0.1) is 11.8 Å². The quantitative estimate of drug-likeness (QED) is 0.630. The fraction of sp³-hybridized carbons (Fsp3) is 0.333. The number of nitrogens with one attached hydrogen (secondary N) is 1. The lowest BCUT2D eigenvalue weighted by Gasteiger charge is -2.25. The lowest BCUT2D eigenvalue weighted by molar-refractivity contribution is 0.575. The largest absolute Gasteiger partial charge is 0.401 e. The van der Waals surface area contributed by atoms with E-state index in [4.69, 9.17) is 11.5 Å². The molecule has 1 aromatic heterocycles. The maximum atomic E-state index is 13.9. The highest BCUT2D eigenvalue weighted by molar-refractivity contribution is 5.67. The van der Waals surface area contributed by atoms with Gasteiger partial charge in [-0.05, 0) is 49.0 Å². The highest BCUT2D eigenvalue weighted by Gasteiger charge is 2.23. The number of halogens is 2. The van der Waals surface area contributed by atoms with Crippen molar-refractivity contribution in [2.45, 2.75) is 46.0 Å². The van der Waals surface area contributed by atoms with Crippen LogP contribution in [0.15, 0.2) is 52.7 Å². The number of hydrogen-bond donors (Lipinski definition) is 3. The Morgan fingerprint density at radius 2 is 1.81 bits per heavy atom. The normalized spacial score (nSPS) is 16.1. The second-order valence-corrected chi connectivity index (χ2v) is 7.71. The Bertz CT molecular complexity index is 983. The SMILES string of the molecule is C#C.CC(C)C.NC1=C(/C=C(\N)c2c(F)cccc2F)CCCC1c1cncc(=O)[nH]1. The molecule has 0 aliphatic heterocycles. The van der Waals surface area contributed by atoms with Crippen molar-refractivity contribution in [2.75, 3.05) is 0 Å². The Hall–Kier alpha value is -3.40. The van der Waals surface area contributed by atoms with E-state index in [-0.39, 0.29) is 22.7 Å². The molecule has 3 rings (SSSR count). The minimum atomic E-state index is -0.725. The third-order valence-corrected chi connectivity index (χ3v) is 4.31. The molecule has 0 amide bonds. The minimum absolute atomic E-state index is 0.0196. The highest BCUT2D eigenvalue weighted by Crippen LogP contribution is 2.35. The first-order valence-electron chi connectivity index (χ1n) is 9.98. The number of H-pyrrole nitrogens is 1. The molecule has 31 heavy (non-hydrogen) atoms. The molecule has 0 saturated heterocycles. The van der Waals surface area contributed by atoms with Gasteiger partial charge in [0.1, 0.15) is 11.6 Å². The molecular weight excluding hydrogens is 398 g/mol. The van der Waals surface area contributed by atoms with Gasteiger partial charge in [0.25, 0.3) is 5.56 Å². The van der Waals surface area contributed by atoms with E-state index >= 15 is 0 Å². The summed E-state index contributed by atoms with van der Waals surface area (Å²) in [4.78, 5) is 18.1. The van der Waals surface area contributed by atoms with Crippen LogP contribution in [0.5, 0.6) is 0 Å². The number of aromatic amines is 1. The Labute approximate surface area is 182 Å². The van der Waals surface area contributed by atoms with Crippen LogP contribution in [0.1, 0.15) is 57.2 Å². The van der Waals surface area contributed by atoms with Gasteiger partial charge in [0, 0.05) is 29.2 Å². The molecule has 1 heterocycles. The van der Waals surface area contributed by atoms with Gasteiger partial charge >= 0.3 is 0 Å². The number of hydrogen-bond acceptors (Lipinski definition) is 4. The van der Waals surface area contributed by atoms with Crippen molar-refractivity contribution in [3.63, 3.8) is 0 Å². The van der Waals surface area contributed by atoms with E-state index in [1.807, 2.05) is 0 Å². The smallest absolute Gasteiger partial charge is 0.266 e. The summed E-state index contributed by atoms with van der Waals surface area (Å²) in [6.07, 6.45) is 14.5. The zero-order valence-electron chi connectivity index (χ0n) is 18.2. The van der Waals surface area contributed by atoms with Gasteiger partial charge in [-0.2, -0.15) is 0 Å². The van der Waals surface area contributed by atoms with Crippen LogP contribution < -0.4 is 17.0 Å². The van der Waals surface area contributed by atoms with Crippen molar-refractivity contribution in [2.24, 2.45) is 17.4 Å². The summed E-state index contributed by atoms with van der Waals surface area (Å²) < 4.78 is 27.8. The number of aromatic nitrogens is 2. The van der Waals surface area contributed by atoms with Crippen LogP contribution in [-0.2, 0) is 0 Å². The summed E-state index contributed by atoms with van der Waals surface area (Å²) in [6.45, 7) is 6.50. The number of rotatable bonds is 3. The Balaban J connectivity index is 0.000000720. The molecule has 0 bridgehead atoms. The first-order chi connectivity index (χ1) is 14.7. The van der Waals surface area contributed by atoms with Gasteiger partial charge in [-0.15, -0.1) is 12.8 Å². The van der Waals surface area contributed by atoms with E-state index < -0.39 is 11.6 Å². The van der Waals surface area contributed by atoms with Gasteiger partial charge in [-0.1, -0.05) is 26.8 Å². The Kier molecular flexibility index (Phi) is 10.2. The van der Waals surface area contributed by atoms with E-state index in [2.05, 4.69) is 43.6 Å². The zero-order valence-corrected chi connectivity index (χ0v) is 18.2. The molecule has 0 fully saturated rings. The summed E-state index contributed by atoms with van der Waals surface area (Å²) in [7, 11) is 0. The molecule has 5 N–H and O–H groups in total. The van der Waals surface area contributed by atoms with Crippen LogP contribution >= 0.6 is 0 Å². The molecule has 1 atom stereocenters. The van der Waals surface area contributed by atoms with Crippen molar-refractivity contribution in [3.8, 4) is 12.8 Å². The van der Waals surface area contributed by atoms with Gasteiger partial charge in [0.15, 0.2) is 0 Å². The predicted molar refractivity (Wildman–Crippen MR) is 122 cm³/mol. The molecule has 2 aromatic rings. The van der Waals surface area contributed by atoms with E-state index in [1.165, 1.54) is 18.3 Å². The highest BCUT2D eigenvalue weighted by atomic mass is 19.1. The molecule has 1 aromatic carbocycles. The Morgan fingerprint density at radius 3 is 2.35 bits per heavy atom. The van der Waals surface area contributed by atoms with Gasteiger partial charge in [0.2, 0.25) is 0 Å². The van der Waals surface area contributed by atoms with Gasteiger partial charge in [-0.3, -0.25) is 9.78 Å². The van der Waals surface area contributed by atoms with E-state index in [9.17, 15) is 13.6 Å². The summed E-state index contributed by atoms with van der Waals surface area (Å²) in [5.41, 5.74) is 13.4. The van der Waals surface area contributed by atoms with Crippen LogP contribution in [-0.4, -0.2) is 9.97 Å². The van der Waals surface area contributed by atoms with Crippen LogP contribution in [0, 0.1) is 30.4 Å². The van der Waals surface area contributed by atoms with Crippen molar-refractivity contribution >= 4 is 5.70 Å². The van der Waals surface area contributed by atoms with E-state index in [1.54, 1.807) is 6.20 Å². The molecule has 166 valence electrons. The summed E-state index contributed by atoms with van der Waals surface area (Å²) in [5, 5.41) is 0. The molecule has 1 aliphatic rings. The maximum absolute atomic E-state index is 13.9. The average Bonchev–Trinajstić information content (AvgIpc) is 2.70. The second kappa shape index (κ2) is 12.3. The van der Waals surface area contributed by atoms with Crippen molar-refractivity contribution in [1.29, 1.82) is 0 Å². The molecular formula is C24H30F2N4O. The monoisotopic (exact) mass is 428 g/mol. The standard InChI is InChI=1S/C18H18F2N4O.C4H10.C2H2/c19-12-5-2-6-13(20)17(12)14(21)7-10-3-1-4-11(18(10)22)15-8-23-9-16(25)24-15;1-4(2)3;1-2/h2,5-9,11H,1,3-4,21-22H2,(H,24,25);4H,1-3H3;1-2H/b14-7-;;. The lowest BCUT2D eigenvalue weighted by atomic mass is 9.84. The first-order valence-corrected chi connectivity index (χ1v) is 9.98. The molecule has 5 nitrogen and oxygen atoms in total. The average molecular weight is 429 g/mol. The third kappa shape index (κ3) is 7.41. The molecule has 0 spiro atoms. The predicted octanol–water partition coefficient (Wildman–Crippen LogP) is 4.44.